The van der Waals surface area contributed by atoms with E-state index in [1.54, 1.807) is 13.2 Å². The van der Waals surface area contributed by atoms with Gasteiger partial charge in [-0.25, -0.2) is 0 Å². The lowest BCUT2D eigenvalue weighted by molar-refractivity contribution is 0.415. The Bertz CT molecular complexity index is 507. The van der Waals surface area contributed by atoms with Gasteiger partial charge in [-0.2, -0.15) is 5.10 Å². The summed E-state index contributed by atoms with van der Waals surface area (Å²) in [4.78, 5) is 0. The molecule has 0 saturated heterocycles. The van der Waals surface area contributed by atoms with Crippen LogP contribution in [0, 0.1) is 0 Å². The molecule has 3 N–H and O–H groups in total. The van der Waals surface area contributed by atoms with E-state index < -0.39 is 0 Å². The topological polar surface area (TPSA) is 65.1 Å². The first kappa shape index (κ1) is 11.3. The number of benzene rings is 1. The third-order valence-electron chi connectivity index (χ3n) is 2.49. The lowest BCUT2D eigenvalue weighted by Crippen LogP contribution is -1.99. The number of anilines is 3. The average Bonchev–Trinajstić information content (AvgIpc) is 2.80. The molecule has 0 atom stereocenters. The van der Waals surface area contributed by atoms with Crippen LogP contribution in [0.3, 0.4) is 0 Å². The molecule has 0 aliphatic heterocycles. The zero-order valence-electron chi connectivity index (χ0n) is 9.97. The molecular weight excluding hydrogens is 216 g/mol. The van der Waals surface area contributed by atoms with Crippen molar-refractivity contribution in [1.82, 2.24) is 9.78 Å². The highest BCUT2D eigenvalue weighted by Crippen LogP contribution is 2.26. The normalized spacial score (nSPS) is 10.2. The molecule has 0 spiro atoms. The second kappa shape index (κ2) is 4.78. The van der Waals surface area contributed by atoms with Crippen molar-refractivity contribution in [2.75, 3.05) is 18.2 Å². The van der Waals surface area contributed by atoms with Crippen molar-refractivity contribution in [3.63, 3.8) is 0 Å². The number of nitrogens with one attached hydrogen (secondary N) is 1. The van der Waals surface area contributed by atoms with E-state index >= 15 is 0 Å². The van der Waals surface area contributed by atoms with Crippen LogP contribution in [-0.4, -0.2) is 16.9 Å². The first-order chi connectivity index (χ1) is 8.22. The number of hydrogen-bond acceptors (Lipinski definition) is 4. The molecule has 1 aromatic heterocycles. The van der Waals surface area contributed by atoms with E-state index in [0.717, 1.165) is 23.8 Å². The molecule has 0 amide bonds. The van der Waals surface area contributed by atoms with Crippen LogP contribution < -0.4 is 15.8 Å². The third-order valence-corrected chi connectivity index (χ3v) is 2.49. The van der Waals surface area contributed by atoms with Gasteiger partial charge in [0.25, 0.3) is 0 Å². The molecule has 17 heavy (non-hydrogen) atoms. The van der Waals surface area contributed by atoms with Crippen molar-refractivity contribution in [1.29, 1.82) is 0 Å². The summed E-state index contributed by atoms with van der Waals surface area (Å²) in [5, 5.41) is 7.49. The first-order valence-electron chi connectivity index (χ1n) is 5.47. The number of rotatable bonds is 4. The minimum atomic E-state index is 0.664. The number of methoxy groups -OCH3 is 1. The van der Waals surface area contributed by atoms with Crippen molar-refractivity contribution in [3.8, 4) is 5.75 Å². The molecule has 0 aliphatic rings. The number of aromatic nitrogens is 2. The van der Waals surface area contributed by atoms with Crippen LogP contribution in [0.4, 0.5) is 17.2 Å². The second-order valence-corrected chi connectivity index (χ2v) is 3.63. The van der Waals surface area contributed by atoms with Crippen LogP contribution in [0.2, 0.25) is 0 Å². The molecule has 2 aromatic rings. The highest BCUT2D eigenvalue weighted by molar-refractivity contribution is 5.72. The number of nitrogens with two attached hydrogens (primary N) is 1. The fraction of sp³-hybridized carbons (Fsp3) is 0.250. The quantitative estimate of drug-likeness (QED) is 0.793. The van der Waals surface area contributed by atoms with Crippen LogP contribution in [-0.2, 0) is 6.54 Å². The molecule has 0 unspecified atom stereocenters. The number of nitrogen functional groups attached to an aromatic ring is 1. The first-order valence-corrected chi connectivity index (χ1v) is 5.47. The summed E-state index contributed by atoms with van der Waals surface area (Å²) in [6.45, 7) is 2.88. The van der Waals surface area contributed by atoms with Gasteiger partial charge in [0.05, 0.1) is 18.5 Å². The fourth-order valence-corrected chi connectivity index (χ4v) is 1.51. The standard InChI is InChI=1S/C12H16N4O/c1-3-16-7-6-12(15-16)14-11-8-9(17-2)4-5-10(11)13/h4-8H,3,13H2,1-2H3,(H,14,15). The minimum Gasteiger partial charge on any atom is -0.497 e. The maximum atomic E-state index is 5.88. The minimum absolute atomic E-state index is 0.664. The third kappa shape index (κ3) is 2.50. The number of ether oxygens (including phenoxy) is 1. The maximum absolute atomic E-state index is 5.88. The Morgan fingerprint density at radius 2 is 2.24 bits per heavy atom. The Balaban J connectivity index is 2.22. The zero-order valence-corrected chi connectivity index (χ0v) is 9.97. The van der Waals surface area contributed by atoms with E-state index in [1.165, 1.54) is 0 Å². The molecular formula is C12H16N4O. The van der Waals surface area contributed by atoms with Gasteiger partial charge in [0.1, 0.15) is 5.75 Å². The van der Waals surface area contributed by atoms with Gasteiger partial charge in [-0.05, 0) is 19.1 Å². The Labute approximate surface area is 100 Å². The summed E-state index contributed by atoms with van der Waals surface area (Å²) in [6, 6.07) is 7.38. The summed E-state index contributed by atoms with van der Waals surface area (Å²) in [5.74, 6) is 1.53. The van der Waals surface area contributed by atoms with Crippen molar-refractivity contribution in [3.05, 3.63) is 30.5 Å². The molecule has 5 nitrogen and oxygen atoms in total. The number of nitrogens with zero attached hydrogens (tertiary/aromatic N) is 2. The van der Waals surface area contributed by atoms with Crippen LogP contribution in [0.5, 0.6) is 5.75 Å². The van der Waals surface area contributed by atoms with Crippen molar-refractivity contribution < 1.29 is 4.74 Å². The number of hydrogen-bond donors (Lipinski definition) is 2. The maximum Gasteiger partial charge on any atom is 0.152 e. The average molecular weight is 232 g/mol. The van der Waals surface area contributed by atoms with Crippen molar-refractivity contribution in [2.24, 2.45) is 0 Å². The largest absolute Gasteiger partial charge is 0.497 e. The lowest BCUT2D eigenvalue weighted by atomic mass is 10.2. The van der Waals surface area contributed by atoms with Gasteiger partial charge < -0.3 is 15.8 Å². The fourth-order valence-electron chi connectivity index (χ4n) is 1.51. The monoisotopic (exact) mass is 232 g/mol. The molecule has 0 bridgehead atoms. The molecule has 5 heteroatoms. The molecule has 0 fully saturated rings. The summed E-state index contributed by atoms with van der Waals surface area (Å²) in [6.07, 6.45) is 1.92. The van der Waals surface area contributed by atoms with E-state index in [0.29, 0.717) is 5.69 Å². The van der Waals surface area contributed by atoms with E-state index in [9.17, 15) is 0 Å². The van der Waals surface area contributed by atoms with E-state index in [1.807, 2.05) is 36.0 Å². The molecule has 90 valence electrons. The van der Waals surface area contributed by atoms with Crippen LogP contribution >= 0.6 is 0 Å². The molecule has 1 heterocycles. The molecule has 1 aromatic carbocycles. The summed E-state index contributed by atoms with van der Waals surface area (Å²) >= 11 is 0. The van der Waals surface area contributed by atoms with Gasteiger partial charge >= 0.3 is 0 Å². The van der Waals surface area contributed by atoms with Crippen molar-refractivity contribution >= 4 is 17.2 Å². The van der Waals surface area contributed by atoms with Gasteiger partial charge in [0, 0.05) is 24.9 Å². The summed E-state index contributed by atoms with van der Waals surface area (Å²) < 4.78 is 7.00. The van der Waals surface area contributed by atoms with Crippen LogP contribution in [0.25, 0.3) is 0 Å². The van der Waals surface area contributed by atoms with E-state index in [-0.39, 0.29) is 0 Å². The second-order valence-electron chi connectivity index (χ2n) is 3.63. The summed E-state index contributed by atoms with van der Waals surface area (Å²) in [5.41, 5.74) is 7.34. The number of aryl methyl sites for hydroxylation is 1. The molecule has 0 saturated carbocycles. The Morgan fingerprint density at radius 3 is 2.88 bits per heavy atom. The van der Waals surface area contributed by atoms with Gasteiger partial charge in [-0.1, -0.05) is 0 Å². The van der Waals surface area contributed by atoms with Crippen LogP contribution in [0.15, 0.2) is 30.5 Å². The predicted octanol–water partition coefficient (Wildman–Crippen LogP) is 2.24. The van der Waals surface area contributed by atoms with Crippen molar-refractivity contribution in [2.45, 2.75) is 13.5 Å². The Morgan fingerprint density at radius 1 is 1.41 bits per heavy atom. The van der Waals surface area contributed by atoms with Gasteiger partial charge in [-0.3, -0.25) is 4.68 Å². The van der Waals surface area contributed by atoms with Gasteiger partial charge in [0.2, 0.25) is 0 Å². The smallest absolute Gasteiger partial charge is 0.152 e. The van der Waals surface area contributed by atoms with Gasteiger partial charge in [0.15, 0.2) is 5.82 Å². The van der Waals surface area contributed by atoms with E-state index in [4.69, 9.17) is 10.5 Å². The Kier molecular flexibility index (Phi) is 3.18. The lowest BCUT2D eigenvalue weighted by Gasteiger charge is -2.08. The highest BCUT2D eigenvalue weighted by Gasteiger charge is 2.04. The highest BCUT2D eigenvalue weighted by atomic mass is 16.5. The molecule has 0 aliphatic carbocycles. The van der Waals surface area contributed by atoms with Crippen LogP contribution in [0.1, 0.15) is 6.92 Å². The Hall–Kier alpha value is -2.17. The molecule has 0 radical (unpaired) electrons. The zero-order chi connectivity index (χ0) is 12.3. The predicted molar refractivity (Wildman–Crippen MR) is 68.6 cm³/mol. The molecule has 2 rings (SSSR count). The van der Waals surface area contributed by atoms with E-state index in [2.05, 4.69) is 10.4 Å². The SMILES string of the molecule is CCn1ccc(Nc2cc(OC)ccc2N)n1. The van der Waals surface area contributed by atoms with Gasteiger partial charge in [-0.15, -0.1) is 0 Å². The summed E-state index contributed by atoms with van der Waals surface area (Å²) in [7, 11) is 1.63.